The van der Waals surface area contributed by atoms with Crippen LogP contribution in [0.3, 0.4) is 0 Å². The Balaban J connectivity index is 1.91. The zero-order valence-corrected chi connectivity index (χ0v) is 10.1. The van der Waals surface area contributed by atoms with E-state index in [0.29, 0.717) is 0 Å². The Bertz CT molecular complexity index is 360. The van der Waals surface area contributed by atoms with Gasteiger partial charge in [-0.05, 0) is 37.9 Å². The number of amides is 1. The van der Waals surface area contributed by atoms with E-state index in [9.17, 15) is 4.79 Å². The molecule has 4 heteroatoms. The first kappa shape index (κ1) is 12.0. The Morgan fingerprint density at radius 3 is 3.18 bits per heavy atom. The maximum absolute atomic E-state index is 12.0. The topological polar surface area (TPSA) is 54.0 Å². The van der Waals surface area contributed by atoms with E-state index in [1.807, 2.05) is 19.1 Å². The fourth-order valence-electron chi connectivity index (χ4n) is 2.08. The second kappa shape index (κ2) is 5.77. The fraction of sp³-hybridized carbons (Fsp3) is 0.538. The molecule has 2 heterocycles. The quantitative estimate of drug-likeness (QED) is 0.820. The van der Waals surface area contributed by atoms with Gasteiger partial charge in [-0.2, -0.15) is 0 Å². The van der Waals surface area contributed by atoms with Crippen molar-refractivity contribution in [3.05, 3.63) is 30.1 Å². The van der Waals surface area contributed by atoms with Crippen LogP contribution in [0.5, 0.6) is 0 Å². The van der Waals surface area contributed by atoms with Gasteiger partial charge in [-0.1, -0.05) is 6.07 Å². The van der Waals surface area contributed by atoms with Gasteiger partial charge in [0.1, 0.15) is 0 Å². The second-order valence-corrected chi connectivity index (χ2v) is 4.56. The summed E-state index contributed by atoms with van der Waals surface area (Å²) in [6.45, 7) is 3.86. The summed E-state index contributed by atoms with van der Waals surface area (Å²) in [5.41, 5.74) is 0.966. The summed E-state index contributed by atoms with van der Waals surface area (Å²) in [6.07, 6.45) is 5.67. The van der Waals surface area contributed by atoms with Crippen LogP contribution in [-0.4, -0.2) is 30.0 Å². The maximum Gasteiger partial charge on any atom is 0.227 e. The molecular weight excluding hydrogens is 214 g/mol. The number of pyridine rings is 1. The summed E-state index contributed by atoms with van der Waals surface area (Å²) < 4.78 is 0. The van der Waals surface area contributed by atoms with E-state index in [1.165, 1.54) is 0 Å². The van der Waals surface area contributed by atoms with Gasteiger partial charge >= 0.3 is 0 Å². The molecule has 1 aromatic rings. The van der Waals surface area contributed by atoms with Crippen LogP contribution >= 0.6 is 0 Å². The highest BCUT2D eigenvalue weighted by atomic mass is 16.1. The number of nitrogens with one attached hydrogen (secondary N) is 2. The van der Waals surface area contributed by atoms with Crippen molar-refractivity contribution in [3.63, 3.8) is 0 Å². The lowest BCUT2D eigenvalue weighted by Crippen LogP contribution is -2.46. The van der Waals surface area contributed by atoms with Crippen LogP contribution in [0.15, 0.2) is 24.5 Å². The number of nitrogens with zero attached hydrogens (tertiary/aromatic N) is 1. The van der Waals surface area contributed by atoms with Gasteiger partial charge in [0.05, 0.1) is 5.92 Å². The van der Waals surface area contributed by atoms with E-state index in [-0.39, 0.29) is 17.9 Å². The van der Waals surface area contributed by atoms with Crippen LogP contribution in [-0.2, 0) is 4.79 Å². The average Bonchev–Trinajstić information content (AvgIpc) is 2.40. The number of carbonyl (C=O) groups excluding carboxylic acids is 1. The average molecular weight is 233 g/mol. The number of carbonyl (C=O) groups is 1. The summed E-state index contributed by atoms with van der Waals surface area (Å²) in [5.74, 6) is -0.0441. The van der Waals surface area contributed by atoms with Crippen molar-refractivity contribution in [2.24, 2.45) is 0 Å². The largest absolute Gasteiger partial charge is 0.352 e. The molecule has 0 spiro atoms. The Hall–Kier alpha value is -1.42. The van der Waals surface area contributed by atoms with Gasteiger partial charge in [0.25, 0.3) is 0 Å². The normalized spacial score (nSPS) is 21.8. The van der Waals surface area contributed by atoms with Crippen molar-refractivity contribution < 1.29 is 4.79 Å². The molecule has 1 saturated heterocycles. The molecule has 0 aliphatic carbocycles. The lowest BCUT2D eigenvalue weighted by Gasteiger charge is -2.25. The van der Waals surface area contributed by atoms with E-state index < -0.39 is 0 Å². The Kier molecular flexibility index (Phi) is 4.09. The predicted molar refractivity (Wildman–Crippen MR) is 66.7 cm³/mol. The maximum atomic E-state index is 12.0. The molecule has 1 aliphatic heterocycles. The third-order valence-corrected chi connectivity index (χ3v) is 3.22. The number of aromatic nitrogens is 1. The molecule has 17 heavy (non-hydrogen) atoms. The first-order chi connectivity index (χ1) is 8.27. The van der Waals surface area contributed by atoms with Crippen molar-refractivity contribution in [1.82, 2.24) is 15.6 Å². The van der Waals surface area contributed by atoms with Crippen LogP contribution in [0.2, 0.25) is 0 Å². The molecule has 2 rings (SSSR count). The third kappa shape index (κ3) is 3.27. The van der Waals surface area contributed by atoms with Crippen LogP contribution in [0.1, 0.15) is 31.2 Å². The Labute approximate surface area is 102 Å². The third-order valence-electron chi connectivity index (χ3n) is 3.22. The molecule has 0 bridgehead atoms. The SMILES string of the molecule is CC(C(=O)NC1CCCNC1)c1cccnc1. The number of piperidine rings is 1. The minimum atomic E-state index is -0.134. The van der Waals surface area contributed by atoms with Crippen molar-refractivity contribution >= 4 is 5.91 Å². The molecule has 2 atom stereocenters. The monoisotopic (exact) mass is 233 g/mol. The summed E-state index contributed by atoms with van der Waals surface area (Å²) in [7, 11) is 0. The highest BCUT2D eigenvalue weighted by molar-refractivity contribution is 5.83. The van der Waals surface area contributed by atoms with Crippen molar-refractivity contribution in [3.8, 4) is 0 Å². The number of hydrogen-bond acceptors (Lipinski definition) is 3. The first-order valence-electron chi connectivity index (χ1n) is 6.18. The summed E-state index contributed by atoms with van der Waals surface area (Å²) >= 11 is 0. The molecule has 1 fully saturated rings. The van der Waals surface area contributed by atoms with Crippen LogP contribution in [0.25, 0.3) is 0 Å². The molecular formula is C13H19N3O. The van der Waals surface area contributed by atoms with Gasteiger partial charge < -0.3 is 10.6 Å². The van der Waals surface area contributed by atoms with Gasteiger partial charge in [0.2, 0.25) is 5.91 Å². The number of hydrogen-bond donors (Lipinski definition) is 2. The molecule has 1 aliphatic rings. The molecule has 4 nitrogen and oxygen atoms in total. The smallest absolute Gasteiger partial charge is 0.227 e. The molecule has 0 aromatic carbocycles. The van der Waals surface area contributed by atoms with Crippen LogP contribution < -0.4 is 10.6 Å². The zero-order chi connectivity index (χ0) is 12.1. The van der Waals surface area contributed by atoms with Crippen LogP contribution in [0.4, 0.5) is 0 Å². The molecule has 92 valence electrons. The standard InChI is InChI=1S/C13H19N3O/c1-10(11-4-2-6-14-8-11)13(17)16-12-5-3-7-15-9-12/h2,4,6,8,10,12,15H,3,5,7,9H2,1H3,(H,16,17). The van der Waals surface area contributed by atoms with Gasteiger partial charge in [-0.25, -0.2) is 0 Å². The minimum absolute atomic E-state index is 0.0895. The first-order valence-corrected chi connectivity index (χ1v) is 6.18. The predicted octanol–water partition coefficient (Wildman–Crippen LogP) is 1.05. The van der Waals surface area contributed by atoms with Gasteiger partial charge in [0.15, 0.2) is 0 Å². The summed E-state index contributed by atoms with van der Waals surface area (Å²) in [4.78, 5) is 16.1. The van der Waals surface area contributed by atoms with Gasteiger partial charge in [-0.3, -0.25) is 9.78 Å². The molecule has 2 unspecified atom stereocenters. The molecule has 1 amide bonds. The number of rotatable bonds is 3. The minimum Gasteiger partial charge on any atom is -0.352 e. The van der Waals surface area contributed by atoms with Gasteiger partial charge in [-0.15, -0.1) is 0 Å². The van der Waals surface area contributed by atoms with E-state index in [2.05, 4.69) is 15.6 Å². The lowest BCUT2D eigenvalue weighted by atomic mass is 10.0. The second-order valence-electron chi connectivity index (χ2n) is 4.56. The summed E-state index contributed by atoms with van der Waals surface area (Å²) in [6, 6.07) is 4.08. The van der Waals surface area contributed by atoms with E-state index in [1.54, 1.807) is 12.4 Å². The van der Waals surface area contributed by atoms with Crippen LogP contribution in [0, 0.1) is 0 Å². The van der Waals surface area contributed by atoms with E-state index in [4.69, 9.17) is 0 Å². The fourth-order valence-corrected chi connectivity index (χ4v) is 2.08. The Morgan fingerprint density at radius 1 is 1.65 bits per heavy atom. The molecule has 1 aromatic heterocycles. The molecule has 0 saturated carbocycles. The van der Waals surface area contributed by atoms with Crippen molar-refractivity contribution in [2.45, 2.75) is 31.7 Å². The summed E-state index contributed by atoms with van der Waals surface area (Å²) in [5, 5.41) is 6.38. The zero-order valence-electron chi connectivity index (χ0n) is 10.1. The van der Waals surface area contributed by atoms with E-state index in [0.717, 1.165) is 31.5 Å². The highest BCUT2D eigenvalue weighted by Gasteiger charge is 2.20. The molecule has 2 N–H and O–H groups in total. The van der Waals surface area contributed by atoms with Crippen molar-refractivity contribution in [1.29, 1.82) is 0 Å². The van der Waals surface area contributed by atoms with E-state index >= 15 is 0 Å². The highest BCUT2D eigenvalue weighted by Crippen LogP contribution is 2.14. The lowest BCUT2D eigenvalue weighted by molar-refractivity contribution is -0.123. The Morgan fingerprint density at radius 2 is 2.53 bits per heavy atom. The van der Waals surface area contributed by atoms with Gasteiger partial charge in [0, 0.05) is 25.0 Å². The van der Waals surface area contributed by atoms with Crippen molar-refractivity contribution in [2.75, 3.05) is 13.1 Å². The molecule has 0 radical (unpaired) electrons.